The number of hydrogen-bond acceptors (Lipinski definition) is 3. The van der Waals surface area contributed by atoms with Crippen LogP contribution in [-0.2, 0) is 4.79 Å². The fourth-order valence-corrected chi connectivity index (χ4v) is 4.54. The van der Waals surface area contributed by atoms with Crippen LogP contribution in [0.3, 0.4) is 0 Å². The van der Waals surface area contributed by atoms with Gasteiger partial charge in [-0.05, 0) is 42.0 Å². The number of hydrogen-bond donors (Lipinski definition) is 0. The monoisotopic (exact) mass is 362 g/mol. The van der Waals surface area contributed by atoms with Gasteiger partial charge in [-0.2, -0.15) is 0 Å². The molecule has 2 aliphatic rings. The van der Waals surface area contributed by atoms with E-state index in [-0.39, 0.29) is 23.1 Å². The standard InChI is InChI=1S/C17H12ClFN2O2S/c18-11-3-7-13(8-4-11)20-15(22)14-9-24-16(21(14)17(20)23)10-1-5-12(19)6-2-10/h1-8,14,16H,9H2/t14-,16+/m0/s1. The van der Waals surface area contributed by atoms with E-state index in [1.165, 1.54) is 28.8 Å². The maximum absolute atomic E-state index is 13.1. The fourth-order valence-electron chi connectivity index (χ4n) is 3.00. The van der Waals surface area contributed by atoms with Crippen molar-refractivity contribution in [2.45, 2.75) is 11.4 Å². The summed E-state index contributed by atoms with van der Waals surface area (Å²) in [4.78, 5) is 28.3. The van der Waals surface area contributed by atoms with Crippen LogP contribution in [0.4, 0.5) is 14.9 Å². The molecule has 2 aromatic rings. The summed E-state index contributed by atoms with van der Waals surface area (Å²) in [5.41, 5.74) is 1.31. The summed E-state index contributed by atoms with van der Waals surface area (Å²) in [6.07, 6.45) is 0. The Kier molecular flexibility index (Phi) is 3.73. The highest BCUT2D eigenvalue weighted by atomic mass is 35.5. The predicted molar refractivity (Wildman–Crippen MR) is 91.6 cm³/mol. The predicted octanol–water partition coefficient (Wildman–Crippen LogP) is 4.06. The minimum Gasteiger partial charge on any atom is -0.295 e. The maximum Gasteiger partial charge on any atom is 0.333 e. The van der Waals surface area contributed by atoms with E-state index in [4.69, 9.17) is 11.6 Å². The molecule has 2 fully saturated rings. The molecular weight excluding hydrogens is 351 g/mol. The summed E-state index contributed by atoms with van der Waals surface area (Å²) in [7, 11) is 0. The fraction of sp³-hybridized carbons (Fsp3) is 0.176. The van der Waals surface area contributed by atoms with E-state index in [9.17, 15) is 14.0 Å². The number of urea groups is 1. The van der Waals surface area contributed by atoms with Crippen LogP contribution < -0.4 is 4.90 Å². The molecule has 0 spiro atoms. The summed E-state index contributed by atoms with van der Waals surface area (Å²) in [5, 5.41) is 0.252. The molecule has 2 aliphatic heterocycles. The molecule has 0 saturated carbocycles. The van der Waals surface area contributed by atoms with Gasteiger partial charge in [-0.1, -0.05) is 23.7 Å². The van der Waals surface area contributed by atoms with Crippen molar-refractivity contribution in [2.75, 3.05) is 10.7 Å². The second kappa shape index (κ2) is 5.79. The van der Waals surface area contributed by atoms with Gasteiger partial charge in [-0.15, -0.1) is 11.8 Å². The molecule has 24 heavy (non-hydrogen) atoms. The highest BCUT2D eigenvalue weighted by Gasteiger charge is 2.53. The molecule has 0 N–H and O–H groups in total. The van der Waals surface area contributed by atoms with E-state index in [2.05, 4.69) is 0 Å². The van der Waals surface area contributed by atoms with E-state index in [1.807, 2.05) is 0 Å². The molecule has 2 atom stereocenters. The molecule has 0 aliphatic carbocycles. The third kappa shape index (κ3) is 2.37. The van der Waals surface area contributed by atoms with Crippen LogP contribution in [0.2, 0.25) is 5.02 Å². The molecule has 0 unspecified atom stereocenters. The Hall–Kier alpha value is -2.05. The van der Waals surface area contributed by atoms with E-state index >= 15 is 0 Å². The van der Waals surface area contributed by atoms with E-state index in [0.717, 1.165) is 5.56 Å². The largest absolute Gasteiger partial charge is 0.333 e. The van der Waals surface area contributed by atoms with Crippen LogP contribution in [0.5, 0.6) is 0 Å². The number of imide groups is 1. The summed E-state index contributed by atoms with van der Waals surface area (Å²) in [6.45, 7) is 0. The second-order valence-electron chi connectivity index (χ2n) is 5.59. The molecule has 0 bridgehead atoms. The van der Waals surface area contributed by atoms with Gasteiger partial charge in [0.05, 0.1) is 5.69 Å². The molecule has 0 radical (unpaired) electrons. The van der Waals surface area contributed by atoms with Crippen molar-refractivity contribution in [3.63, 3.8) is 0 Å². The van der Waals surface area contributed by atoms with Crippen molar-refractivity contribution in [1.29, 1.82) is 0 Å². The maximum atomic E-state index is 13.1. The van der Waals surface area contributed by atoms with Crippen molar-refractivity contribution < 1.29 is 14.0 Å². The van der Waals surface area contributed by atoms with Crippen LogP contribution in [0, 0.1) is 5.82 Å². The normalized spacial score (nSPS) is 23.1. The summed E-state index contributed by atoms with van der Waals surface area (Å²) < 4.78 is 13.1. The van der Waals surface area contributed by atoms with Crippen LogP contribution >= 0.6 is 23.4 Å². The molecule has 0 aromatic heterocycles. The number of halogens is 2. The van der Waals surface area contributed by atoms with Crippen LogP contribution in [-0.4, -0.2) is 28.6 Å². The lowest BCUT2D eigenvalue weighted by Crippen LogP contribution is -2.33. The first-order valence-corrected chi connectivity index (χ1v) is 8.78. The molecule has 2 aromatic carbocycles. The molecule has 2 saturated heterocycles. The Balaban J connectivity index is 1.67. The van der Waals surface area contributed by atoms with Gasteiger partial charge in [0.25, 0.3) is 5.91 Å². The van der Waals surface area contributed by atoms with Crippen LogP contribution in [0.15, 0.2) is 48.5 Å². The SMILES string of the molecule is O=C1[C@@H]2CS[C@H](c3ccc(F)cc3)N2C(=O)N1c1ccc(Cl)cc1. The number of fused-ring (bicyclic) bond motifs is 1. The highest BCUT2D eigenvalue weighted by Crippen LogP contribution is 2.46. The number of amides is 3. The zero-order valence-corrected chi connectivity index (χ0v) is 13.9. The third-order valence-corrected chi connectivity index (χ3v) is 5.73. The van der Waals surface area contributed by atoms with Crippen molar-refractivity contribution in [1.82, 2.24) is 4.90 Å². The molecule has 7 heteroatoms. The van der Waals surface area contributed by atoms with Crippen molar-refractivity contribution in [2.24, 2.45) is 0 Å². The zero-order chi connectivity index (χ0) is 16.8. The number of benzene rings is 2. The zero-order valence-electron chi connectivity index (χ0n) is 12.4. The lowest BCUT2D eigenvalue weighted by atomic mass is 10.2. The van der Waals surface area contributed by atoms with Gasteiger partial charge >= 0.3 is 6.03 Å². The van der Waals surface area contributed by atoms with Gasteiger partial charge < -0.3 is 0 Å². The molecule has 4 nitrogen and oxygen atoms in total. The summed E-state index contributed by atoms with van der Waals surface area (Å²) in [5.74, 6) is -0.0409. The smallest absolute Gasteiger partial charge is 0.295 e. The minimum absolute atomic E-state index is 0.237. The molecule has 2 heterocycles. The number of carbonyl (C=O) groups is 2. The Bertz CT molecular complexity index is 812. The van der Waals surface area contributed by atoms with Crippen molar-refractivity contribution in [3.05, 3.63) is 64.9 Å². The van der Waals surface area contributed by atoms with E-state index in [0.29, 0.717) is 16.5 Å². The second-order valence-corrected chi connectivity index (χ2v) is 7.14. The Labute approximate surface area is 147 Å². The van der Waals surface area contributed by atoms with Gasteiger partial charge in [0.15, 0.2) is 0 Å². The molecule has 3 amide bonds. The lowest BCUT2D eigenvalue weighted by Gasteiger charge is -2.23. The lowest BCUT2D eigenvalue weighted by molar-refractivity contribution is -0.119. The number of carbonyl (C=O) groups excluding carboxylic acids is 2. The van der Waals surface area contributed by atoms with Gasteiger partial charge in [0.1, 0.15) is 17.2 Å². The van der Waals surface area contributed by atoms with Crippen molar-refractivity contribution in [3.8, 4) is 0 Å². The third-order valence-electron chi connectivity index (χ3n) is 4.16. The van der Waals surface area contributed by atoms with Gasteiger partial charge in [0.2, 0.25) is 0 Å². The average Bonchev–Trinajstić information content (AvgIpc) is 3.11. The summed E-state index contributed by atoms with van der Waals surface area (Å²) >= 11 is 7.38. The first kappa shape index (κ1) is 15.5. The van der Waals surface area contributed by atoms with Crippen LogP contribution in [0.25, 0.3) is 0 Å². The van der Waals surface area contributed by atoms with Crippen LogP contribution in [0.1, 0.15) is 10.9 Å². The number of rotatable bonds is 2. The first-order chi connectivity index (χ1) is 11.6. The minimum atomic E-state index is -0.492. The topological polar surface area (TPSA) is 40.6 Å². The Morgan fingerprint density at radius 3 is 2.38 bits per heavy atom. The highest BCUT2D eigenvalue weighted by molar-refractivity contribution is 7.99. The molecule has 4 rings (SSSR count). The van der Waals surface area contributed by atoms with E-state index in [1.54, 1.807) is 41.3 Å². The quantitative estimate of drug-likeness (QED) is 0.756. The molecule has 122 valence electrons. The number of thioether (sulfide) groups is 1. The average molecular weight is 363 g/mol. The Morgan fingerprint density at radius 2 is 1.71 bits per heavy atom. The van der Waals surface area contributed by atoms with Gasteiger partial charge in [-0.3, -0.25) is 9.69 Å². The number of nitrogens with zero attached hydrogens (tertiary/aromatic N) is 2. The first-order valence-electron chi connectivity index (χ1n) is 7.35. The van der Waals surface area contributed by atoms with E-state index < -0.39 is 6.04 Å². The molecular formula is C17H12ClFN2O2S. The van der Waals surface area contributed by atoms with Gasteiger partial charge in [0, 0.05) is 10.8 Å². The van der Waals surface area contributed by atoms with Crippen molar-refractivity contribution >= 4 is 41.0 Å². The Morgan fingerprint density at radius 1 is 1.04 bits per heavy atom. The summed E-state index contributed by atoms with van der Waals surface area (Å²) in [6, 6.07) is 11.8. The number of anilines is 1. The van der Waals surface area contributed by atoms with Gasteiger partial charge in [-0.25, -0.2) is 14.1 Å².